The van der Waals surface area contributed by atoms with Crippen molar-refractivity contribution in [3.8, 4) is 0 Å². The molecule has 0 bridgehead atoms. The Morgan fingerprint density at radius 2 is 1.81 bits per heavy atom. The monoisotopic (exact) mass is 308 g/mol. The molecule has 0 aromatic heterocycles. The number of piperazine rings is 1. The SMILES string of the molecule is CC(C)CC1CNC(C(C)(C)C)CN1CCCC(F)(F)F. The summed E-state index contributed by atoms with van der Waals surface area (Å²) in [5, 5.41) is 3.59. The van der Waals surface area contributed by atoms with Crippen LogP contribution in [0.5, 0.6) is 0 Å². The van der Waals surface area contributed by atoms with Gasteiger partial charge in [0.05, 0.1) is 0 Å². The number of nitrogens with one attached hydrogen (secondary N) is 1. The van der Waals surface area contributed by atoms with Gasteiger partial charge in [-0.1, -0.05) is 34.6 Å². The van der Waals surface area contributed by atoms with Gasteiger partial charge in [-0.15, -0.1) is 0 Å². The van der Waals surface area contributed by atoms with Crippen molar-refractivity contribution in [1.82, 2.24) is 10.2 Å². The van der Waals surface area contributed by atoms with E-state index in [1.807, 2.05) is 0 Å². The first kappa shape index (κ1) is 18.8. The molecule has 1 aliphatic heterocycles. The third kappa shape index (κ3) is 7.00. The quantitative estimate of drug-likeness (QED) is 0.824. The van der Waals surface area contributed by atoms with Gasteiger partial charge < -0.3 is 5.32 Å². The van der Waals surface area contributed by atoms with Crippen molar-refractivity contribution in [3.63, 3.8) is 0 Å². The van der Waals surface area contributed by atoms with Gasteiger partial charge in [-0.25, -0.2) is 0 Å². The molecule has 0 amide bonds. The molecule has 0 saturated carbocycles. The van der Waals surface area contributed by atoms with Gasteiger partial charge >= 0.3 is 6.18 Å². The van der Waals surface area contributed by atoms with Gasteiger partial charge in [-0.3, -0.25) is 4.90 Å². The summed E-state index contributed by atoms with van der Waals surface area (Å²) in [7, 11) is 0. The molecule has 1 N–H and O–H groups in total. The predicted octanol–water partition coefficient (Wildman–Crippen LogP) is 4.06. The molecule has 0 aliphatic carbocycles. The molecule has 1 aliphatic rings. The smallest absolute Gasteiger partial charge is 0.311 e. The fourth-order valence-corrected chi connectivity index (χ4v) is 2.97. The van der Waals surface area contributed by atoms with Crippen LogP contribution in [0.4, 0.5) is 13.2 Å². The van der Waals surface area contributed by atoms with Crippen LogP contribution >= 0.6 is 0 Å². The number of alkyl halides is 3. The van der Waals surface area contributed by atoms with Crippen LogP contribution < -0.4 is 5.32 Å². The van der Waals surface area contributed by atoms with Crippen LogP contribution in [0.1, 0.15) is 53.9 Å². The maximum Gasteiger partial charge on any atom is 0.389 e. The zero-order chi connectivity index (χ0) is 16.3. The second-order valence-corrected chi connectivity index (χ2v) is 7.82. The van der Waals surface area contributed by atoms with E-state index in [9.17, 15) is 13.2 Å². The Balaban J connectivity index is 2.60. The minimum Gasteiger partial charge on any atom is -0.311 e. The summed E-state index contributed by atoms with van der Waals surface area (Å²) >= 11 is 0. The van der Waals surface area contributed by atoms with Crippen LogP contribution in [0.2, 0.25) is 0 Å². The summed E-state index contributed by atoms with van der Waals surface area (Å²) in [6.45, 7) is 13.2. The van der Waals surface area contributed by atoms with E-state index in [1.165, 1.54) is 0 Å². The number of hydrogen-bond acceptors (Lipinski definition) is 2. The van der Waals surface area contributed by atoms with Gasteiger partial charge in [0.2, 0.25) is 0 Å². The molecule has 0 aromatic carbocycles. The lowest BCUT2D eigenvalue weighted by molar-refractivity contribution is -0.136. The molecule has 0 spiro atoms. The van der Waals surface area contributed by atoms with Gasteiger partial charge in [-0.05, 0) is 30.7 Å². The van der Waals surface area contributed by atoms with Crippen LogP contribution in [0.25, 0.3) is 0 Å². The van der Waals surface area contributed by atoms with Crippen molar-refractivity contribution in [3.05, 3.63) is 0 Å². The first-order valence-corrected chi connectivity index (χ1v) is 8.03. The average Bonchev–Trinajstić information content (AvgIpc) is 2.27. The fraction of sp³-hybridized carbons (Fsp3) is 1.00. The first-order chi connectivity index (χ1) is 9.49. The maximum absolute atomic E-state index is 12.4. The van der Waals surface area contributed by atoms with Gasteiger partial charge in [-0.2, -0.15) is 13.2 Å². The van der Waals surface area contributed by atoms with E-state index in [2.05, 4.69) is 44.8 Å². The van der Waals surface area contributed by atoms with Crippen molar-refractivity contribution in [2.75, 3.05) is 19.6 Å². The summed E-state index contributed by atoms with van der Waals surface area (Å²) < 4.78 is 37.1. The molecule has 2 nitrogen and oxygen atoms in total. The van der Waals surface area contributed by atoms with E-state index in [-0.39, 0.29) is 11.8 Å². The summed E-state index contributed by atoms with van der Waals surface area (Å²) in [5.41, 5.74) is 0.130. The fourth-order valence-electron chi connectivity index (χ4n) is 2.97. The lowest BCUT2D eigenvalue weighted by Crippen LogP contribution is -2.60. The highest BCUT2D eigenvalue weighted by Crippen LogP contribution is 2.27. The highest BCUT2D eigenvalue weighted by Gasteiger charge is 2.34. The summed E-state index contributed by atoms with van der Waals surface area (Å²) in [6, 6.07) is 0.698. The molecule has 1 fully saturated rings. The van der Waals surface area contributed by atoms with E-state index in [0.29, 0.717) is 24.5 Å². The van der Waals surface area contributed by atoms with Crippen molar-refractivity contribution in [1.29, 1.82) is 0 Å². The van der Waals surface area contributed by atoms with Gasteiger partial charge in [0.25, 0.3) is 0 Å². The first-order valence-electron chi connectivity index (χ1n) is 8.03. The number of nitrogens with zero attached hydrogens (tertiary/aromatic N) is 1. The largest absolute Gasteiger partial charge is 0.389 e. The van der Waals surface area contributed by atoms with Gasteiger partial charge in [0.15, 0.2) is 0 Å². The number of hydrogen-bond donors (Lipinski definition) is 1. The molecule has 126 valence electrons. The summed E-state index contributed by atoms with van der Waals surface area (Å²) in [6.07, 6.45) is -3.47. The molecule has 0 aromatic rings. The molecular weight excluding hydrogens is 277 g/mol. The Morgan fingerprint density at radius 3 is 2.29 bits per heavy atom. The van der Waals surface area contributed by atoms with E-state index in [1.54, 1.807) is 0 Å². The van der Waals surface area contributed by atoms with Gasteiger partial charge in [0, 0.05) is 31.6 Å². The number of rotatable bonds is 5. The molecule has 21 heavy (non-hydrogen) atoms. The van der Waals surface area contributed by atoms with E-state index in [0.717, 1.165) is 19.5 Å². The molecule has 5 heteroatoms. The molecule has 1 saturated heterocycles. The minimum atomic E-state index is -4.04. The zero-order valence-corrected chi connectivity index (χ0v) is 14.1. The minimum absolute atomic E-state index is 0.130. The highest BCUT2D eigenvalue weighted by molar-refractivity contribution is 4.92. The van der Waals surface area contributed by atoms with Gasteiger partial charge in [0.1, 0.15) is 0 Å². The predicted molar refractivity (Wildman–Crippen MR) is 81.4 cm³/mol. The summed E-state index contributed by atoms with van der Waals surface area (Å²) in [4.78, 5) is 2.28. The van der Waals surface area contributed by atoms with E-state index >= 15 is 0 Å². The van der Waals surface area contributed by atoms with Crippen LogP contribution in [0.3, 0.4) is 0 Å². The Kier molecular flexibility index (Phi) is 6.54. The van der Waals surface area contributed by atoms with Crippen LogP contribution in [-0.2, 0) is 0 Å². The highest BCUT2D eigenvalue weighted by atomic mass is 19.4. The van der Waals surface area contributed by atoms with Crippen LogP contribution in [0.15, 0.2) is 0 Å². The normalized spacial score (nSPS) is 25.6. The second kappa shape index (κ2) is 7.32. The number of halogens is 3. The topological polar surface area (TPSA) is 15.3 Å². The molecule has 0 radical (unpaired) electrons. The lowest BCUT2D eigenvalue weighted by atomic mass is 9.84. The standard InChI is InChI=1S/C16H31F3N2/c1-12(2)9-13-10-20-14(15(3,4)5)11-21(13)8-6-7-16(17,18)19/h12-14,20H,6-11H2,1-5H3. The van der Waals surface area contributed by atoms with Crippen molar-refractivity contribution >= 4 is 0 Å². The van der Waals surface area contributed by atoms with Crippen molar-refractivity contribution in [2.24, 2.45) is 11.3 Å². The molecule has 2 atom stereocenters. The molecule has 1 rings (SSSR count). The zero-order valence-electron chi connectivity index (χ0n) is 14.1. The van der Waals surface area contributed by atoms with Crippen molar-refractivity contribution in [2.45, 2.75) is 72.1 Å². The third-order valence-electron chi connectivity index (χ3n) is 4.23. The Labute approximate surface area is 127 Å². The summed E-state index contributed by atoms with van der Waals surface area (Å²) in [5.74, 6) is 0.563. The van der Waals surface area contributed by atoms with E-state index < -0.39 is 12.6 Å². The maximum atomic E-state index is 12.4. The molecular formula is C16H31F3N2. The second-order valence-electron chi connectivity index (χ2n) is 7.82. The Bertz CT molecular complexity index is 308. The molecule has 1 heterocycles. The lowest BCUT2D eigenvalue weighted by Gasteiger charge is -2.45. The Morgan fingerprint density at radius 1 is 1.19 bits per heavy atom. The average molecular weight is 308 g/mol. The third-order valence-corrected chi connectivity index (χ3v) is 4.23. The van der Waals surface area contributed by atoms with Crippen LogP contribution in [0, 0.1) is 11.3 Å². The Hall–Kier alpha value is -0.290. The molecule has 2 unspecified atom stereocenters. The van der Waals surface area contributed by atoms with E-state index in [4.69, 9.17) is 0 Å². The van der Waals surface area contributed by atoms with Crippen molar-refractivity contribution < 1.29 is 13.2 Å². The van der Waals surface area contributed by atoms with Crippen LogP contribution in [-0.4, -0.2) is 42.8 Å².